The van der Waals surface area contributed by atoms with Gasteiger partial charge in [-0.05, 0) is 42.5 Å². The molecule has 1 amide bonds. The molecule has 0 spiro atoms. The van der Waals surface area contributed by atoms with Gasteiger partial charge in [-0.3, -0.25) is 4.79 Å². The summed E-state index contributed by atoms with van der Waals surface area (Å²) in [6, 6.07) is 11.1. The Kier molecular flexibility index (Phi) is 5.99. The third-order valence-electron chi connectivity index (χ3n) is 3.69. The number of primary sulfonamides is 1. The van der Waals surface area contributed by atoms with Crippen molar-refractivity contribution in [2.75, 3.05) is 6.61 Å². The van der Waals surface area contributed by atoms with Crippen LogP contribution in [0, 0.1) is 0 Å². The first-order valence-electron chi connectivity index (χ1n) is 8.01. The standard InChI is InChI=1S/C18H16ClN3O4S2/c1-2-9-22-15-8-7-14(28(20,24)25)10-16(15)27-18(22)21-17(23)11-26-13-5-3-12(19)4-6-13/h2-8,10H,1,9,11H2,(H2,20,24,25). The average molecular weight is 438 g/mol. The van der Waals surface area contributed by atoms with Gasteiger partial charge in [0, 0.05) is 11.6 Å². The van der Waals surface area contributed by atoms with E-state index in [-0.39, 0.29) is 11.5 Å². The molecular formula is C18H16ClN3O4S2. The van der Waals surface area contributed by atoms with Gasteiger partial charge in [-0.1, -0.05) is 29.0 Å². The zero-order valence-electron chi connectivity index (χ0n) is 14.5. The SMILES string of the molecule is C=CCn1c(=NC(=O)COc2ccc(Cl)cc2)sc2cc(S(N)(=O)=O)ccc21. The molecule has 0 saturated heterocycles. The number of aromatic nitrogens is 1. The molecule has 3 aromatic rings. The largest absolute Gasteiger partial charge is 0.484 e. The summed E-state index contributed by atoms with van der Waals surface area (Å²) in [5.74, 6) is 0.0204. The fourth-order valence-corrected chi connectivity index (χ4v) is 4.27. The predicted molar refractivity (Wildman–Crippen MR) is 109 cm³/mol. The molecule has 0 atom stereocenters. The number of nitrogens with zero attached hydrogens (tertiary/aromatic N) is 2. The van der Waals surface area contributed by atoms with Gasteiger partial charge < -0.3 is 9.30 Å². The number of halogens is 1. The van der Waals surface area contributed by atoms with Gasteiger partial charge in [0.2, 0.25) is 10.0 Å². The molecule has 0 bridgehead atoms. The van der Waals surface area contributed by atoms with Crippen LogP contribution < -0.4 is 14.7 Å². The van der Waals surface area contributed by atoms with Gasteiger partial charge in [0.15, 0.2) is 11.4 Å². The Morgan fingerprint density at radius 2 is 2.00 bits per heavy atom. The first-order valence-corrected chi connectivity index (χ1v) is 10.7. The molecule has 7 nitrogen and oxygen atoms in total. The maximum Gasteiger partial charge on any atom is 0.286 e. The highest BCUT2D eigenvalue weighted by Crippen LogP contribution is 2.21. The van der Waals surface area contributed by atoms with E-state index in [1.807, 2.05) is 0 Å². The van der Waals surface area contributed by atoms with E-state index in [2.05, 4.69) is 11.6 Å². The number of carbonyl (C=O) groups is 1. The molecule has 1 aromatic heterocycles. The molecule has 0 fully saturated rings. The van der Waals surface area contributed by atoms with Gasteiger partial charge in [0.05, 0.1) is 15.1 Å². The van der Waals surface area contributed by atoms with Gasteiger partial charge in [0.25, 0.3) is 5.91 Å². The molecule has 0 aliphatic rings. The van der Waals surface area contributed by atoms with Crippen molar-refractivity contribution in [3.05, 3.63) is 64.9 Å². The highest BCUT2D eigenvalue weighted by atomic mass is 35.5. The molecule has 0 saturated carbocycles. The van der Waals surface area contributed by atoms with Crippen molar-refractivity contribution in [3.63, 3.8) is 0 Å². The number of sulfonamides is 1. The number of ether oxygens (including phenoxy) is 1. The Morgan fingerprint density at radius 3 is 2.64 bits per heavy atom. The first-order chi connectivity index (χ1) is 13.3. The molecule has 3 rings (SSSR count). The van der Waals surface area contributed by atoms with Crippen molar-refractivity contribution in [2.24, 2.45) is 10.1 Å². The number of nitrogens with two attached hydrogens (primary N) is 1. The smallest absolute Gasteiger partial charge is 0.286 e. The second-order valence-electron chi connectivity index (χ2n) is 5.71. The van der Waals surface area contributed by atoms with E-state index < -0.39 is 15.9 Å². The van der Waals surface area contributed by atoms with E-state index >= 15 is 0 Å². The number of allylic oxidation sites excluding steroid dienone is 1. The highest BCUT2D eigenvalue weighted by Gasteiger charge is 2.13. The fraction of sp³-hybridized carbons (Fsp3) is 0.111. The summed E-state index contributed by atoms with van der Waals surface area (Å²) in [6.45, 7) is 3.87. The van der Waals surface area contributed by atoms with Gasteiger partial charge in [-0.25, -0.2) is 13.6 Å². The minimum Gasteiger partial charge on any atom is -0.484 e. The number of benzene rings is 2. The van der Waals surface area contributed by atoms with Crippen molar-refractivity contribution in [2.45, 2.75) is 11.4 Å². The first kappa shape index (κ1) is 20.3. The van der Waals surface area contributed by atoms with E-state index in [1.165, 1.54) is 23.5 Å². The van der Waals surface area contributed by atoms with E-state index in [0.29, 0.717) is 26.8 Å². The van der Waals surface area contributed by atoms with Crippen LogP contribution in [0.25, 0.3) is 10.2 Å². The monoisotopic (exact) mass is 437 g/mol. The molecule has 0 radical (unpaired) electrons. The van der Waals surface area contributed by atoms with Gasteiger partial charge >= 0.3 is 0 Å². The van der Waals surface area contributed by atoms with Gasteiger partial charge in [-0.15, -0.1) is 6.58 Å². The minimum atomic E-state index is -3.83. The van der Waals surface area contributed by atoms with E-state index in [4.69, 9.17) is 21.5 Å². The van der Waals surface area contributed by atoms with Gasteiger partial charge in [-0.2, -0.15) is 4.99 Å². The molecule has 0 aliphatic carbocycles. The predicted octanol–water partition coefficient (Wildman–Crippen LogP) is 2.70. The molecule has 28 heavy (non-hydrogen) atoms. The van der Waals surface area contributed by atoms with Crippen molar-refractivity contribution in [1.82, 2.24) is 4.57 Å². The van der Waals surface area contributed by atoms with Gasteiger partial charge in [0.1, 0.15) is 5.75 Å². The number of thiazole rings is 1. The third kappa shape index (κ3) is 4.68. The number of hydrogen-bond donors (Lipinski definition) is 1. The van der Waals surface area contributed by atoms with Crippen molar-refractivity contribution in [1.29, 1.82) is 0 Å². The van der Waals surface area contributed by atoms with Crippen LogP contribution >= 0.6 is 22.9 Å². The Bertz CT molecular complexity index is 1210. The summed E-state index contributed by atoms with van der Waals surface area (Å²) in [7, 11) is -3.83. The molecule has 2 N–H and O–H groups in total. The van der Waals surface area contributed by atoms with Crippen molar-refractivity contribution < 1.29 is 17.9 Å². The summed E-state index contributed by atoms with van der Waals surface area (Å²) < 4.78 is 31.0. The van der Waals surface area contributed by atoms with Crippen LogP contribution in [0.3, 0.4) is 0 Å². The molecule has 0 unspecified atom stereocenters. The van der Waals surface area contributed by atoms with Crippen LogP contribution in [0.2, 0.25) is 5.02 Å². The molecule has 2 aromatic carbocycles. The second-order valence-corrected chi connectivity index (χ2v) is 8.71. The lowest BCUT2D eigenvalue weighted by Crippen LogP contribution is -2.19. The lowest BCUT2D eigenvalue weighted by atomic mass is 10.3. The van der Waals surface area contributed by atoms with Crippen LogP contribution in [0.15, 0.2) is 65.0 Å². The number of hydrogen-bond acceptors (Lipinski definition) is 5. The summed E-state index contributed by atoms with van der Waals surface area (Å²) in [4.78, 5) is 16.8. The summed E-state index contributed by atoms with van der Waals surface area (Å²) in [5, 5.41) is 5.76. The van der Waals surface area contributed by atoms with Crippen molar-refractivity contribution in [3.8, 4) is 5.75 Å². The second kappa shape index (κ2) is 8.27. The molecule has 10 heteroatoms. The summed E-state index contributed by atoms with van der Waals surface area (Å²) >= 11 is 6.99. The van der Waals surface area contributed by atoms with Crippen LogP contribution in [0.1, 0.15) is 0 Å². The Balaban J connectivity index is 1.93. The van der Waals surface area contributed by atoms with Crippen molar-refractivity contribution >= 4 is 49.1 Å². The number of fused-ring (bicyclic) bond motifs is 1. The Morgan fingerprint density at radius 1 is 1.29 bits per heavy atom. The Labute approximate surface area is 170 Å². The van der Waals surface area contributed by atoms with Crippen LogP contribution in [-0.2, 0) is 21.4 Å². The maximum atomic E-state index is 12.2. The quantitative estimate of drug-likeness (QED) is 0.598. The molecular weight excluding hydrogens is 422 g/mol. The average Bonchev–Trinajstić information content (AvgIpc) is 2.97. The number of carbonyl (C=O) groups excluding carboxylic acids is 1. The molecule has 0 aliphatic heterocycles. The zero-order valence-corrected chi connectivity index (χ0v) is 16.9. The topological polar surface area (TPSA) is 104 Å². The summed E-state index contributed by atoms with van der Waals surface area (Å²) in [6.07, 6.45) is 1.66. The lowest BCUT2D eigenvalue weighted by Gasteiger charge is -2.03. The number of rotatable bonds is 6. The lowest BCUT2D eigenvalue weighted by molar-refractivity contribution is -0.120. The highest BCUT2D eigenvalue weighted by molar-refractivity contribution is 7.89. The fourth-order valence-electron chi connectivity index (χ4n) is 2.44. The number of amides is 1. The zero-order chi connectivity index (χ0) is 20.3. The van der Waals surface area contributed by atoms with E-state index in [9.17, 15) is 13.2 Å². The maximum absolute atomic E-state index is 12.2. The van der Waals surface area contributed by atoms with Crippen LogP contribution in [-0.4, -0.2) is 25.5 Å². The normalized spacial score (nSPS) is 12.3. The molecule has 1 heterocycles. The Hall–Kier alpha value is -2.46. The third-order valence-corrected chi connectivity index (χ3v) is 5.89. The van der Waals surface area contributed by atoms with Crippen LogP contribution in [0.5, 0.6) is 5.75 Å². The minimum absolute atomic E-state index is 0.00375. The van der Waals surface area contributed by atoms with E-state index in [0.717, 1.165) is 5.52 Å². The van der Waals surface area contributed by atoms with E-state index in [1.54, 1.807) is 41.0 Å². The molecule has 146 valence electrons. The van der Waals surface area contributed by atoms with Crippen LogP contribution in [0.4, 0.5) is 0 Å². The summed E-state index contributed by atoms with van der Waals surface area (Å²) in [5.41, 5.74) is 0.725.